The Labute approximate surface area is 63.6 Å². The predicted octanol–water partition coefficient (Wildman–Crippen LogP) is 1.04. The average Bonchev–Trinajstić information content (AvgIpc) is 2.13. The van der Waals surface area contributed by atoms with Gasteiger partial charge in [-0.1, -0.05) is 6.92 Å². The SMILES string of the molecule is CCN1CCCCNC1C. The maximum atomic E-state index is 3.47. The summed E-state index contributed by atoms with van der Waals surface area (Å²) in [5.41, 5.74) is 0. The highest BCUT2D eigenvalue weighted by Gasteiger charge is 2.12. The molecule has 0 aromatic carbocycles. The van der Waals surface area contributed by atoms with Crippen LogP contribution in [0.3, 0.4) is 0 Å². The van der Waals surface area contributed by atoms with Gasteiger partial charge in [-0.2, -0.15) is 0 Å². The lowest BCUT2D eigenvalue weighted by Gasteiger charge is -2.25. The molecular weight excluding hydrogens is 124 g/mol. The number of rotatable bonds is 1. The van der Waals surface area contributed by atoms with Gasteiger partial charge in [0.05, 0.1) is 6.17 Å². The van der Waals surface area contributed by atoms with Gasteiger partial charge in [-0.15, -0.1) is 0 Å². The monoisotopic (exact) mass is 142 g/mol. The number of nitrogens with one attached hydrogen (secondary N) is 1. The van der Waals surface area contributed by atoms with Gasteiger partial charge in [-0.05, 0) is 39.4 Å². The summed E-state index contributed by atoms with van der Waals surface area (Å²) in [6, 6.07) is 0. The van der Waals surface area contributed by atoms with E-state index in [-0.39, 0.29) is 0 Å². The Morgan fingerprint density at radius 3 is 3.00 bits per heavy atom. The minimum atomic E-state index is 0.590. The topological polar surface area (TPSA) is 15.3 Å². The molecule has 1 atom stereocenters. The molecule has 0 bridgehead atoms. The van der Waals surface area contributed by atoms with Crippen LogP contribution in [0, 0.1) is 0 Å². The first kappa shape index (κ1) is 8.02. The van der Waals surface area contributed by atoms with Crippen molar-refractivity contribution in [3.8, 4) is 0 Å². The molecule has 2 heteroatoms. The zero-order valence-electron chi connectivity index (χ0n) is 7.06. The van der Waals surface area contributed by atoms with Gasteiger partial charge in [0.1, 0.15) is 0 Å². The molecule has 10 heavy (non-hydrogen) atoms. The van der Waals surface area contributed by atoms with Crippen LogP contribution in [0.5, 0.6) is 0 Å². The molecule has 2 nitrogen and oxygen atoms in total. The maximum absolute atomic E-state index is 3.47. The van der Waals surface area contributed by atoms with Crippen molar-refractivity contribution in [2.24, 2.45) is 0 Å². The molecule has 1 rings (SSSR count). The van der Waals surface area contributed by atoms with E-state index < -0.39 is 0 Å². The summed E-state index contributed by atoms with van der Waals surface area (Å²) in [5.74, 6) is 0. The van der Waals surface area contributed by atoms with Gasteiger partial charge in [0.25, 0.3) is 0 Å². The Morgan fingerprint density at radius 1 is 1.50 bits per heavy atom. The van der Waals surface area contributed by atoms with Crippen molar-refractivity contribution in [1.29, 1.82) is 0 Å². The molecule has 0 aromatic heterocycles. The van der Waals surface area contributed by atoms with Gasteiger partial charge >= 0.3 is 0 Å². The molecule has 0 aliphatic carbocycles. The van der Waals surface area contributed by atoms with Gasteiger partial charge in [0.15, 0.2) is 0 Å². The molecule has 0 spiro atoms. The van der Waals surface area contributed by atoms with Crippen LogP contribution in [0.15, 0.2) is 0 Å². The Balaban J connectivity index is 2.35. The summed E-state index contributed by atoms with van der Waals surface area (Å²) in [6.07, 6.45) is 3.28. The van der Waals surface area contributed by atoms with Crippen LogP contribution in [0.1, 0.15) is 26.7 Å². The molecule has 1 unspecified atom stereocenters. The maximum Gasteiger partial charge on any atom is 0.0567 e. The summed E-state index contributed by atoms with van der Waals surface area (Å²) in [4.78, 5) is 2.48. The Kier molecular flexibility index (Phi) is 3.16. The summed E-state index contributed by atoms with van der Waals surface area (Å²) < 4.78 is 0. The van der Waals surface area contributed by atoms with E-state index in [1.54, 1.807) is 0 Å². The normalized spacial score (nSPS) is 30.0. The Morgan fingerprint density at radius 2 is 2.30 bits per heavy atom. The third-order valence-electron chi connectivity index (χ3n) is 2.27. The summed E-state index contributed by atoms with van der Waals surface area (Å²) in [5, 5.41) is 3.47. The molecule has 1 aliphatic rings. The first-order valence-electron chi connectivity index (χ1n) is 4.32. The summed E-state index contributed by atoms with van der Waals surface area (Å²) in [7, 11) is 0. The van der Waals surface area contributed by atoms with E-state index in [2.05, 4.69) is 24.1 Å². The van der Waals surface area contributed by atoms with E-state index in [1.165, 1.54) is 32.5 Å². The van der Waals surface area contributed by atoms with Crippen LogP contribution < -0.4 is 5.32 Å². The largest absolute Gasteiger partial charge is 0.302 e. The van der Waals surface area contributed by atoms with Crippen LogP contribution in [0.2, 0.25) is 0 Å². The Bertz CT molecular complexity index is 93.3. The standard InChI is InChI=1S/C8H18N2/c1-3-10-7-5-4-6-9-8(10)2/h8-9H,3-7H2,1-2H3. The molecule has 0 amide bonds. The Hall–Kier alpha value is -0.0800. The molecule has 0 saturated carbocycles. The summed E-state index contributed by atoms with van der Waals surface area (Å²) in [6.45, 7) is 8.11. The highest BCUT2D eigenvalue weighted by molar-refractivity contribution is 4.67. The number of nitrogens with zero attached hydrogens (tertiary/aromatic N) is 1. The van der Waals surface area contributed by atoms with Crippen molar-refractivity contribution in [2.75, 3.05) is 19.6 Å². The second kappa shape index (κ2) is 3.94. The fourth-order valence-electron chi connectivity index (χ4n) is 1.51. The van der Waals surface area contributed by atoms with Gasteiger partial charge < -0.3 is 5.32 Å². The van der Waals surface area contributed by atoms with Crippen molar-refractivity contribution >= 4 is 0 Å². The number of hydrogen-bond acceptors (Lipinski definition) is 2. The van der Waals surface area contributed by atoms with Gasteiger partial charge in [-0.25, -0.2) is 0 Å². The van der Waals surface area contributed by atoms with Crippen molar-refractivity contribution in [3.05, 3.63) is 0 Å². The van der Waals surface area contributed by atoms with Gasteiger partial charge in [0.2, 0.25) is 0 Å². The molecule has 1 saturated heterocycles. The first-order chi connectivity index (χ1) is 4.84. The van der Waals surface area contributed by atoms with E-state index in [9.17, 15) is 0 Å². The predicted molar refractivity (Wildman–Crippen MR) is 43.9 cm³/mol. The quantitative estimate of drug-likeness (QED) is 0.588. The average molecular weight is 142 g/mol. The third kappa shape index (κ3) is 1.96. The molecule has 1 heterocycles. The molecule has 0 aromatic rings. The van der Waals surface area contributed by atoms with Crippen LogP contribution in [0.4, 0.5) is 0 Å². The molecule has 1 fully saturated rings. The minimum absolute atomic E-state index is 0.590. The van der Waals surface area contributed by atoms with E-state index in [4.69, 9.17) is 0 Å². The smallest absolute Gasteiger partial charge is 0.0567 e. The highest BCUT2D eigenvalue weighted by Crippen LogP contribution is 2.03. The third-order valence-corrected chi connectivity index (χ3v) is 2.27. The fourth-order valence-corrected chi connectivity index (χ4v) is 1.51. The van der Waals surface area contributed by atoms with Gasteiger partial charge in [0, 0.05) is 0 Å². The summed E-state index contributed by atoms with van der Waals surface area (Å²) >= 11 is 0. The van der Waals surface area contributed by atoms with Crippen molar-refractivity contribution in [2.45, 2.75) is 32.9 Å². The molecule has 1 N–H and O–H groups in total. The zero-order chi connectivity index (χ0) is 7.40. The van der Waals surface area contributed by atoms with E-state index >= 15 is 0 Å². The lowest BCUT2D eigenvalue weighted by molar-refractivity contribution is 0.206. The van der Waals surface area contributed by atoms with E-state index in [0.717, 1.165) is 0 Å². The van der Waals surface area contributed by atoms with Crippen LogP contribution in [-0.2, 0) is 0 Å². The number of hydrogen-bond donors (Lipinski definition) is 1. The lowest BCUT2D eigenvalue weighted by Crippen LogP contribution is -2.41. The van der Waals surface area contributed by atoms with Crippen molar-refractivity contribution in [3.63, 3.8) is 0 Å². The van der Waals surface area contributed by atoms with Crippen molar-refractivity contribution < 1.29 is 0 Å². The van der Waals surface area contributed by atoms with Crippen molar-refractivity contribution in [1.82, 2.24) is 10.2 Å². The van der Waals surface area contributed by atoms with Gasteiger partial charge in [-0.3, -0.25) is 4.90 Å². The minimum Gasteiger partial charge on any atom is -0.302 e. The molecule has 60 valence electrons. The lowest BCUT2D eigenvalue weighted by atomic mass is 10.3. The van der Waals surface area contributed by atoms with Crippen LogP contribution in [0.25, 0.3) is 0 Å². The zero-order valence-corrected chi connectivity index (χ0v) is 7.06. The second-order valence-corrected chi connectivity index (χ2v) is 2.97. The second-order valence-electron chi connectivity index (χ2n) is 2.97. The fraction of sp³-hybridized carbons (Fsp3) is 1.00. The van der Waals surface area contributed by atoms with E-state index in [0.29, 0.717) is 6.17 Å². The first-order valence-corrected chi connectivity index (χ1v) is 4.32. The molecule has 0 radical (unpaired) electrons. The molecule has 1 aliphatic heterocycles. The van der Waals surface area contributed by atoms with E-state index in [1.807, 2.05) is 0 Å². The molecular formula is C8H18N2. The van der Waals surface area contributed by atoms with Crippen LogP contribution >= 0.6 is 0 Å². The van der Waals surface area contributed by atoms with Crippen LogP contribution in [-0.4, -0.2) is 30.7 Å². The highest BCUT2D eigenvalue weighted by atomic mass is 15.3.